The second-order valence-electron chi connectivity index (χ2n) is 3.46. The fourth-order valence-corrected chi connectivity index (χ4v) is 1.43. The lowest BCUT2D eigenvalue weighted by atomic mass is 10.1. The minimum atomic E-state index is 0.559. The van der Waals surface area contributed by atoms with Gasteiger partial charge in [0.1, 0.15) is 18.7 Å². The molecule has 4 heteroatoms. The number of rotatable bonds is 5. The molecule has 17 heavy (non-hydrogen) atoms. The summed E-state index contributed by atoms with van der Waals surface area (Å²) in [4.78, 5) is 8.07. The largest absolute Gasteiger partial charge is 0.491 e. The van der Waals surface area contributed by atoms with Gasteiger partial charge in [-0.25, -0.2) is 9.97 Å². The number of methoxy groups -OCH3 is 1. The Labute approximate surface area is 100 Å². The van der Waals surface area contributed by atoms with Crippen molar-refractivity contribution in [1.29, 1.82) is 0 Å². The monoisotopic (exact) mass is 230 g/mol. The third kappa shape index (κ3) is 3.26. The Morgan fingerprint density at radius 2 is 1.88 bits per heavy atom. The first-order valence-corrected chi connectivity index (χ1v) is 5.38. The van der Waals surface area contributed by atoms with Gasteiger partial charge >= 0.3 is 0 Å². The first-order valence-electron chi connectivity index (χ1n) is 5.38. The van der Waals surface area contributed by atoms with E-state index in [1.165, 1.54) is 0 Å². The molecule has 0 saturated heterocycles. The van der Waals surface area contributed by atoms with E-state index in [4.69, 9.17) is 9.47 Å². The van der Waals surface area contributed by atoms with Gasteiger partial charge < -0.3 is 9.47 Å². The van der Waals surface area contributed by atoms with E-state index in [9.17, 15) is 0 Å². The molecule has 4 nitrogen and oxygen atoms in total. The molecule has 0 fully saturated rings. The van der Waals surface area contributed by atoms with E-state index in [0.717, 1.165) is 17.0 Å². The van der Waals surface area contributed by atoms with Gasteiger partial charge in [-0.2, -0.15) is 0 Å². The lowest BCUT2D eigenvalue weighted by Gasteiger charge is -2.06. The molecule has 0 amide bonds. The van der Waals surface area contributed by atoms with Crippen LogP contribution in [0.25, 0.3) is 11.3 Å². The zero-order chi connectivity index (χ0) is 11.9. The molecule has 0 radical (unpaired) electrons. The van der Waals surface area contributed by atoms with Crippen molar-refractivity contribution in [3.8, 4) is 17.0 Å². The number of aromatic nitrogens is 2. The van der Waals surface area contributed by atoms with Gasteiger partial charge in [0.15, 0.2) is 0 Å². The molecule has 0 unspecified atom stereocenters. The molecule has 1 aromatic carbocycles. The van der Waals surface area contributed by atoms with Crippen LogP contribution in [-0.2, 0) is 4.74 Å². The summed E-state index contributed by atoms with van der Waals surface area (Å²) in [5.41, 5.74) is 1.95. The van der Waals surface area contributed by atoms with Gasteiger partial charge in [0.2, 0.25) is 0 Å². The molecule has 0 saturated carbocycles. The van der Waals surface area contributed by atoms with Crippen molar-refractivity contribution in [3.05, 3.63) is 42.9 Å². The van der Waals surface area contributed by atoms with Gasteiger partial charge in [0.05, 0.1) is 12.3 Å². The first-order chi connectivity index (χ1) is 8.40. The third-order valence-electron chi connectivity index (χ3n) is 2.29. The van der Waals surface area contributed by atoms with Crippen molar-refractivity contribution in [2.75, 3.05) is 20.3 Å². The van der Waals surface area contributed by atoms with Crippen LogP contribution in [0.4, 0.5) is 0 Å². The Hall–Kier alpha value is -1.94. The zero-order valence-electron chi connectivity index (χ0n) is 9.67. The summed E-state index contributed by atoms with van der Waals surface area (Å²) in [5.74, 6) is 0.833. The minimum Gasteiger partial charge on any atom is -0.491 e. The molecule has 2 aromatic rings. The zero-order valence-corrected chi connectivity index (χ0v) is 9.67. The van der Waals surface area contributed by atoms with Crippen LogP contribution in [0.15, 0.2) is 42.9 Å². The second kappa shape index (κ2) is 5.96. The van der Waals surface area contributed by atoms with Crippen molar-refractivity contribution in [1.82, 2.24) is 9.97 Å². The predicted molar refractivity (Wildman–Crippen MR) is 64.8 cm³/mol. The SMILES string of the molecule is COCCOc1ccc(-c2ccncn2)cc1. The molecule has 0 spiro atoms. The summed E-state index contributed by atoms with van der Waals surface area (Å²) in [5, 5.41) is 0. The topological polar surface area (TPSA) is 44.2 Å². The standard InChI is InChI=1S/C13H14N2O2/c1-16-8-9-17-12-4-2-11(3-5-12)13-6-7-14-10-15-13/h2-7,10H,8-9H2,1H3. The molecular formula is C13H14N2O2. The fraction of sp³-hybridized carbons (Fsp3) is 0.231. The number of ether oxygens (including phenoxy) is 2. The Morgan fingerprint density at radius 1 is 1.06 bits per heavy atom. The van der Waals surface area contributed by atoms with Crippen LogP contribution in [0.2, 0.25) is 0 Å². The Bertz CT molecular complexity index is 443. The van der Waals surface area contributed by atoms with E-state index in [2.05, 4.69) is 9.97 Å². The number of hydrogen-bond donors (Lipinski definition) is 0. The van der Waals surface area contributed by atoms with Gasteiger partial charge in [-0.3, -0.25) is 0 Å². The highest BCUT2D eigenvalue weighted by Crippen LogP contribution is 2.19. The van der Waals surface area contributed by atoms with E-state index in [1.807, 2.05) is 30.3 Å². The average Bonchev–Trinajstić information content (AvgIpc) is 2.41. The summed E-state index contributed by atoms with van der Waals surface area (Å²) >= 11 is 0. The van der Waals surface area contributed by atoms with Crippen molar-refractivity contribution in [3.63, 3.8) is 0 Å². The Morgan fingerprint density at radius 3 is 2.53 bits per heavy atom. The Balaban J connectivity index is 2.03. The maximum absolute atomic E-state index is 5.48. The number of benzene rings is 1. The Kier molecular flexibility index (Phi) is 4.05. The highest BCUT2D eigenvalue weighted by atomic mass is 16.5. The van der Waals surface area contributed by atoms with Crippen LogP contribution in [0.1, 0.15) is 0 Å². The van der Waals surface area contributed by atoms with Crippen LogP contribution in [0.5, 0.6) is 5.75 Å². The molecule has 2 rings (SSSR count). The summed E-state index contributed by atoms with van der Waals surface area (Å²) in [6.07, 6.45) is 3.27. The molecule has 0 aliphatic rings. The van der Waals surface area contributed by atoms with Gasteiger partial charge in [0.25, 0.3) is 0 Å². The fourth-order valence-electron chi connectivity index (χ4n) is 1.43. The molecule has 0 atom stereocenters. The summed E-state index contributed by atoms with van der Waals surface area (Å²) in [6.45, 7) is 1.15. The van der Waals surface area contributed by atoms with E-state index in [-0.39, 0.29) is 0 Å². The summed E-state index contributed by atoms with van der Waals surface area (Å²) in [7, 11) is 1.65. The molecule has 0 aliphatic carbocycles. The van der Waals surface area contributed by atoms with Crippen molar-refractivity contribution >= 4 is 0 Å². The number of nitrogens with zero attached hydrogens (tertiary/aromatic N) is 2. The maximum Gasteiger partial charge on any atom is 0.119 e. The molecule has 0 bridgehead atoms. The van der Waals surface area contributed by atoms with Crippen LogP contribution in [0.3, 0.4) is 0 Å². The van der Waals surface area contributed by atoms with E-state index < -0.39 is 0 Å². The number of hydrogen-bond acceptors (Lipinski definition) is 4. The minimum absolute atomic E-state index is 0.559. The lowest BCUT2D eigenvalue weighted by molar-refractivity contribution is 0.146. The molecule has 88 valence electrons. The smallest absolute Gasteiger partial charge is 0.119 e. The first kappa shape index (κ1) is 11.5. The summed E-state index contributed by atoms with van der Waals surface area (Å²) < 4.78 is 10.4. The van der Waals surface area contributed by atoms with Gasteiger partial charge in [0, 0.05) is 18.9 Å². The normalized spacial score (nSPS) is 10.2. The van der Waals surface area contributed by atoms with E-state index >= 15 is 0 Å². The third-order valence-corrected chi connectivity index (χ3v) is 2.29. The van der Waals surface area contributed by atoms with Gasteiger partial charge in [-0.1, -0.05) is 0 Å². The second-order valence-corrected chi connectivity index (χ2v) is 3.46. The quantitative estimate of drug-likeness (QED) is 0.738. The van der Waals surface area contributed by atoms with Gasteiger partial charge in [-0.05, 0) is 30.3 Å². The molecule has 1 aromatic heterocycles. The molecule has 0 N–H and O–H groups in total. The van der Waals surface area contributed by atoms with Crippen molar-refractivity contribution in [2.24, 2.45) is 0 Å². The predicted octanol–water partition coefficient (Wildman–Crippen LogP) is 2.17. The van der Waals surface area contributed by atoms with E-state index in [1.54, 1.807) is 19.6 Å². The lowest BCUT2D eigenvalue weighted by Crippen LogP contribution is -2.03. The molecule has 1 heterocycles. The summed E-state index contributed by atoms with van der Waals surface area (Å²) in [6, 6.07) is 9.68. The van der Waals surface area contributed by atoms with Gasteiger partial charge in [-0.15, -0.1) is 0 Å². The highest BCUT2D eigenvalue weighted by Gasteiger charge is 1.99. The maximum atomic E-state index is 5.48. The molecular weight excluding hydrogens is 216 g/mol. The van der Waals surface area contributed by atoms with Crippen molar-refractivity contribution in [2.45, 2.75) is 0 Å². The van der Waals surface area contributed by atoms with Crippen LogP contribution in [-0.4, -0.2) is 30.3 Å². The van der Waals surface area contributed by atoms with Crippen molar-refractivity contribution < 1.29 is 9.47 Å². The molecule has 0 aliphatic heterocycles. The highest BCUT2D eigenvalue weighted by molar-refractivity contribution is 5.59. The van der Waals surface area contributed by atoms with Crippen LogP contribution >= 0.6 is 0 Å². The average molecular weight is 230 g/mol. The van der Waals surface area contributed by atoms with Crippen LogP contribution in [0, 0.1) is 0 Å². The van der Waals surface area contributed by atoms with Crippen LogP contribution < -0.4 is 4.74 Å². The van der Waals surface area contributed by atoms with E-state index in [0.29, 0.717) is 13.2 Å².